The van der Waals surface area contributed by atoms with Crippen LogP contribution in [0.15, 0.2) is 87.8 Å². The fourth-order valence-electron chi connectivity index (χ4n) is 8.46. The van der Waals surface area contributed by atoms with Gasteiger partial charge in [-0.25, -0.2) is 0 Å². The van der Waals surface area contributed by atoms with Crippen LogP contribution in [0.3, 0.4) is 0 Å². The number of nitrogens with one attached hydrogen (secondary N) is 9. The molecule has 0 aliphatic rings. The lowest BCUT2D eigenvalue weighted by molar-refractivity contribution is -0.126. The Bertz CT molecular complexity index is 3270. The Kier molecular flexibility index (Phi) is 28.2. The first-order chi connectivity index (χ1) is 42.4. The van der Waals surface area contributed by atoms with Crippen molar-refractivity contribution in [2.45, 2.75) is 76.0 Å². The van der Waals surface area contributed by atoms with Crippen LogP contribution in [0.4, 0.5) is 22.7 Å². The number of hydrogen-bond donors (Lipinski definition) is 16. The molecule has 4 atom stereocenters. The molecule has 0 unspecified atom stereocenters. The van der Waals surface area contributed by atoms with Gasteiger partial charge in [-0.05, 0) is 118 Å². The van der Waals surface area contributed by atoms with Crippen LogP contribution in [-0.4, -0.2) is 157 Å². The standard InChI is InChI=1S/C57H79N19O13/c1-30(69-46(77)21-22-58)47(78)70-31-13-18-43(87-4)36(27-31)49(80)74-40(11-8-24-67-56(61)62)53(84)72-33-15-20-45(89-6)38(29-33)51(82)76-41(12-9-25-68-57(63)64)54(85)73-34-16-19-44(88-5)37(28-34)50(81)75-39(10-7-23-66-55(59)60)52(83)71-32-14-17-42(86-3)35(26-32)48(79)65-2/h13-20,26-30,39-41H,7-12,21-25,58H2,1-6H3,(H,65,79)(H,69,77)(H,70,78)(H,71,83)(H,72,84)(H,73,85)(H,74,80)(H,75,81)(H,76,82)(H4,59,60,66)(H4,61,62,67)(H4,63,64,68)/t30-,39-,40-,41-/m1/s1. The lowest BCUT2D eigenvalue weighted by Crippen LogP contribution is -2.44. The minimum absolute atomic E-state index is 0.00710. The third-order valence-corrected chi connectivity index (χ3v) is 12.9. The molecular formula is C57H79N19O13. The molecule has 0 heterocycles. The first kappa shape index (κ1) is 70.6. The van der Waals surface area contributed by atoms with Gasteiger partial charge in [-0.15, -0.1) is 0 Å². The Balaban J connectivity index is 1.61. The summed E-state index contributed by atoms with van der Waals surface area (Å²) in [6.07, 6.45) is 0.592. The SMILES string of the molecule is CNC(=O)c1cc(NC(=O)[C@@H](CCCN=C(N)N)NC(=O)c2cc(NC(=O)[C@@H](CCCN=C(N)N)NC(=O)c3cc(NC(=O)[C@@H](CCCN=C(N)N)NC(=O)c4cc(NC(=O)[C@@H](C)NC(=O)CCN)ccc4OC)ccc3OC)ccc2OC)ccc1OC. The van der Waals surface area contributed by atoms with E-state index in [1.165, 1.54) is 115 Å². The predicted octanol–water partition coefficient (Wildman–Crippen LogP) is -0.755. The highest BCUT2D eigenvalue weighted by atomic mass is 16.5. The predicted molar refractivity (Wildman–Crippen MR) is 335 cm³/mol. The van der Waals surface area contributed by atoms with Crippen LogP contribution in [0.1, 0.15) is 93.3 Å². The molecule has 480 valence electrons. The number of nitrogens with zero attached hydrogens (tertiary/aromatic N) is 3. The number of ether oxygens (including phenoxy) is 4. The van der Waals surface area contributed by atoms with E-state index in [0.29, 0.717) is 0 Å². The molecule has 32 nitrogen and oxygen atoms in total. The first-order valence-electron chi connectivity index (χ1n) is 27.7. The lowest BCUT2D eigenvalue weighted by Gasteiger charge is -2.21. The average molecular weight is 1240 g/mol. The van der Waals surface area contributed by atoms with Gasteiger partial charge in [0.15, 0.2) is 17.9 Å². The highest BCUT2D eigenvalue weighted by Gasteiger charge is 2.29. The summed E-state index contributed by atoms with van der Waals surface area (Å²) in [6, 6.07) is 12.1. The molecular weight excluding hydrogens is 1160 g/mol. The van der Waals surface area contributed by atoms with Crippen molar-refractivity contribution in [2.24, 2.45) is 55.1 Å². The molecule has 0 saturated heterocycles. The van der Waals surface area contributed by atoms with E-state index >= 15 is 0 Å². The van der Waals surface area contributed by atoms with Gasteiger partial charge >= 0.3 is 0 Å². The van der Waals surface area contributed by atoms with Gasteiger partial charge in [0.05, 0.1) is 50.7 Å². The molecule has 4 rings (SSSR count). The zero-order valence-electron chi connectivity index (χ0n) is 50.2. The molecule has 0 spiro atoms. The normalized spacial score (nSPS) is 11.9. The molecule has 0 fully saturated rings. The van der Waals surface area contributed by atoms with Crippen molar-refractivity contribution in [2.75, 3.05) is 82.9 Å². The fraction of sp³-hybridized carbons (Fsp3) is 0.368. The van der Waals surface area contributed by atoms with Crippen molar-refractivity contribution in [3.05, 3.63) is 95.1 Å². The number of methoxy groups -OCH3 is 4. The number of rotatable bonds is 34. The molecule has 4 aromatic carbocycles. The third kappa shape index (κ3) is 22.5. The second-order valence-electron chi connectivity index (χ2n) is 19.4. The van der Waals surface area contributed by atoms with Crippen LogP contribution in [0.25, 0.3) is 0 Å². The van der Waals surface area contributed by atoms with Crippen molar-refractivity contribution in [3.63, 3.8) is 0 Å². The minimum atomic E-state index is -1.32. The number of benzene rings is 4. The Morgan fingerprint density at radius 3 is 0.966 bits per heavy atom. The highest BCUT2D eigenvalue weighted by Crippen LogP contribution is 2.28. The third-order valence-electron chi connectivity index (χ3n) is 12.9. The molecule has 32 heteroatoms. The van der Waals surface area contributed by atoms with Crippen LogP contribution in [0.5, 0.6) is 23.0 Å². The van der Waals surface area contributed by atoms with E-state index in [1.807, 2.05) is 0 Å². The smallest absolute Gasteiger partial charge is 0.255 e. The summed E-state index contributed by atoms with van der Waals surface area (Å²) in [5.41, 5.74) is 39.0. The number of hydrogen-bond acceptors (Lipinski definition) is 17. The van der Waals surface area contributed by atoms with E-state index in [4.69, 9.17) is 59.1 Å². The zero-order valence-corrected chi connectivity index (χ0v) is 50.2. The number of anilines is 4. The summed E-state index contributed by atoms with van der Waals surface area (Å²) in [4.78, 5) is 135. The number of nitrogens with two attached hydrogens (primary N) is 7. The largest absolute Gasteiger partial charge is 0.496 e. The maximum absolute atomic E-state index is 14.4. The Morgan fingerprint density at radius 1 is 0.427 bits per heavy atom. The van der Waals surface area contributed by atoms with Crippen molar-refractivity contribution in [1.82, 2.24) is 26.6 Å². The molecule has 9 amide bonds. The van der Waals surface area contributed by atoms with E-state index in [9.17, 15) is 43.2 Å². The summed E-state index contributed by atoms with van der Waals surface area (Å²) in [5.74, 6) is -6.29. The number of carbonyl (C=O) groups excluding carboxylic acids is 9. The molecule has 4 aromatic rings. The fourth-order valence-corrected chi connectivity index (χ4v) is 8.46. The van der Waals surface area contributed by atoms with Crippen molar-refractivity contribution in [3.8, 4) is 23.0 Å². The molecule has 0 saturated carbocycles. The summed E-state index contributed by atoms with van der Waals surface area (Å²) in [5, 5.41) is 24.0. The van der Waals surface area contributed by atoms with Crippen LogP contribution in [-0.2, 0) is 24.0 Å². The summed E-state index contributed by atoms with van der Waals surface area (Å²) in [7, 11) is 6.75. The van der Waals surface area contributed by atoms with Gasteiger partial charge in [-0.1, -0.05) is 0 Å². The van der Waals surface area contributed by atoms with Gasteiger partial charge < -0.3 is 107 Å². The second-order valence-corrected chi connectivity index (χ2v) is 19.4. The quantitative estimate of drug-likeness (QED) is 0.0155. The molecule has 0 aliphatic carbocycles. The molecule has 0 radical (unpaired) electrons. The Labute approximate surface area is 513 Å². The minimum Gasteiger partial charge on any atom is -0.496 e. The van der Waals surface area contributed by atoms with Gasteiger partial charge in [0.2, 0.25) is 29.5 Å². The maximum atomic E-state index is 14.4. The summed E-state index contributed by atoms with van der Waals surface area (Å²) < 4.78 is 21.8. The van der Waals surface area contributed by atoms with Crippen molar-refractivity contribution >= 4 is 93.8 Å². The highest BCUT2D eigenvalue weighted by molar-refractivity contribution is 6.08. The van der Waals surface area contributed by atoms with E-state index in [0.717, 1.165) is 0 Å². The van der Waals surface area contributed by atoms with Crippen molar-refractivity contribution in [1.29, 1.82) is 0 Å². The summed E-state index contributed by atoms with van der Waals surface area (Å²) >= 11 is 0. The monoisotopic (exact) mass is 1240 g/mol. The molecule has 23 N–H and O–H groups in total. The summed E-state index contributed by atoms with van der Waals surface area (Å²) in [6.45, 7) is 1.80. The molecule has 0 aromatic heterocycles. The van der Waals surface area contributed by atoms with Gasteiger partial charge in [0.1, 0.15) is 47.2 Å². The zero-order chi connectivity index (χ0) is 65.7. The van der Waals surface area contributed by atoms with Crippen LogP contribution >= 0.6 is 0 Å². The average Bonchev–Trinajstić information content (AvgIpc) is 3.26. The van der Waals surface area contributed by atoms with Gasteiger partial charge in [0, 0.05) is 62.4 Å². The van der Waals surface area contributed by atoms with Gasteiger partial charge in [0.25, 0.3) is 23.6 Å². The molecule has 0 bridgehead atoms. The Hall–Kier alpha value is -10.9. The van der Waals surface area contributed by atoms with Crippen LogP contribution in [0.2, 0.25) is 0 Å². The Morgan fingerprint density at radius 2 is 0.708 bits per heavy atom. The molecule has 0 aliphatic heterocycles. The number of guanidine groups is 3. The maximum Gasteiger partial charge on any atom is 0.255 e. The first-order valence-corrected chi connectivity index (χ1v) is 27.7. The van der Waals surface area contributed by atoms with Crippen molar-refractivity contribution < 1.29 is 62.1 Å². The number of amides is 9. The van der Waals surface area contributed by atoms with Gasteiger partial charge in [-0.2, -0.15) is 0 Å². The van der Waals surface area contributed by atoms with E-state index in [-0.39, 0.29) is 157 Å². The van der Waals surface area contributed by atoms with Crippen LogP contribution < -0.4 is 107 Å². The number of aliphatic imine (C=N–C) groups is 3. The second kappa shape index (κ2) is 35.5. The lowest BCUT2D eigenvalue weighted by atomic mass is 10.1. The van der Waals surface area contributed by atoms with E-state index < -0.39 is 77.3 Å². The van der Waals surface area contributed by atoms with Crippen LogP contribution in [0, 0.1) is 0 Å². The van der Waals surface area contributed by atoms with E-state index in [1.54, 1.807) is 0 Å². The number of carbonyl (C=O) groups is 9. The topological polar surface area (TPSA) is 518 Å². The van der Waals surface area contributed by atoms with E-state index in [2.05, 4.69) is 62.8 Å². The molecule has 89 heavy (non-hydrogen) atoms. The van der Waals surface area contributed by atoms with Gasteiger partial charge in [-0.3, -0.25) is 58.1 Å².